The molecule has 0 aromatic rings. The highest BCUT2D eigenvalue weighted by molar-refractivity contribution is 5.66. The van der Waals surface area contributed by atoms with Crippen molar-refractivity contribution in [2.24, 2.45) is 0 Å². The van der Waals surface area contributed by atoms with Crippen molar-refractivity contribution in [2.75, 3.05) is 6.61 Å². The van der Waals surface area contributed by atoms with Gasteiger partial charge in [0.15, 0.2) is 0 Å². The first kappa shape index (κ1) is 10.4. The van der Waals surface area contributed by atoms with Crippen LogP contribution in [0, 0.1) is 6.42 Å². The van der Waals surface area contributed by atoms with Gasteiger partial charge in [-0.15, -0.1) is 0 Å². The minimum Gasteiger partial charge on any atom is -0.481 e. The van der Waals surface area contributed by atoms with Gasteiger partial charge in [-0.1, -0.05) is 0 Å². The summed E-state index contributed by atoms with van der Waals surface area (Å²) in [7, 11) is 0. The quantitative estimate of drug-likeness (QED) is 0.549. The van der Waals surface area contributed by atoms with Crippen molar-refractivity contribution in [3.63, 3.8) is 0 Å². The zero-order valence-corrected chi connectivity index (χ0v) is 6.62. The maximum absolute atomic E-state index is 10.0. The van der Waals surface area contributed by atoms with Crippen LogP contribution in [-0.4, -0.2) is 22.8 Å². The molecule has 0 saturated heterocycles. The molecule has 65 valence electrons. The van der Waals surface area contributed by atoms with Crippen LogP contribution in [0.3, 0.4) is 0 Å². The molecule has 0 saturated carbocycles. The Hall–Kier alpha value is -0.570. The second kappa shape index (κ2) is 7.54. The standard InChI is InChI=1S/C8H15O3/c9-7-5-3-1-2-4-6-8(10)11/h1,9H,2-7H2,(H,10,11). The van der Waals surface area contributed by atoms with Crippen molar-refractivity contribution in [2.45, 2.75) is 32.1 Å². The second-order valence-corrected chi connectivity index (χ2v) is 2.44. The van der Waals surface area contributed by atoms with E-state index in [4.69, 9.17) is 10.2 Å². The molecule has 1 radical (unpaired) electrons. The average molecular weight is 159 g/mol. The molecule has 11 heavy (non-hydrogen) atoms. The smallest absolute Gasteiger partial charge is 0.303 e. The number of hydrogen-bond acceptors (Lipinski definition) is 2. The maximum atomic E-state index is 10.0. The lowest BCUT2D eigenvalue weighted by molar-refractivity contribution is -0.137. The van der Waals surface area contributed by atoms with Crippen molar-refractivity contribution >= 4 is 5.97 Å². The van der Waals surface area contributed by atoms with E-state index in [9.17, 15) is 4.79 Å². The van der Waals surface area contributed by atoms with Crippen LogP contribution in [-0.2, 0) is 4.79 Å². The summed E-state index contributed by atoms with van der Waals surface area (Å²) in [5.41, 5.74) is 0. The minimum absolute atomic E-state index is 0.218. The SMILES string of the molecule is O=C(O)CCC[CH]CCCO. The lowest BCUT2D eigenvalue weighted by atomic mass is 10.1. The molecule has 0 aliphatic rings. The van der Waals surface area contributed by atoms with Gasteiger partial charge in [0.05, 0.1) is 0 Å². The molecule has 3 heteroatoms. The van der Waals surface area contributed by atoms with Crippen molar-refractivity contribution in [1.82, 2.24) is 0 Å². The molecule has 0 atom stereocenters. The third kappa shape index (κ3) is 9.43. The molecule has 0 heterocycles. The number of aliphatic hydroxyl groups excluding tert-OH is 1. The number of hydrogen-bond donors (Lipinski definition) is 2. The summed E-state index contributed by atoms with van der Waals surface area (Å²) >= 11 is 0. The van der Waals surface area contributed by atoms with Gasteiger partial charge in [-0.2, -0.15) is 0 Å². The number of carboxylic acids is 1. The van der Waals surface area contributed by atoms with E-state index in [1.807, 2.05) is 6.42 Å². The molecule has 0 aromatic carbocycles. The van der Waals surface area contributed by atoms with E-state index in [0.29, 0.717) is 6.42 Å². The van der Waals surface area contributed by atoms with E-state index in [1.165, 1.54) is 0 Å². The Morgan fingerprint density at radius 3 is 2.45 bits per heavy atom. The Balaban J connectivity index is 2.85. The van der Waals surface area contributed by atoms with Gasteiger partial charge in [0.2, 0.25) is 0 Å². The first-order valence-electron chi connectivity index (χ1n) is 3.91. The summed E-state index contributed by atoms with van der Waals surface area (Å²) in [5.74, 6) is -0.736. The second-order valence-electron chi connectivity index (χ2n) is 2.44. The molecule has 0 aliphatic carbocycles. The van der Waals surface area contributed by atoms with Gasteiger partial charge < -0.3 is 10.2 Å². The molecule has 0 spiro atoms. The first-order chi connectivity index (χ1) is 5.27. The molecular formula is C8H15O3. The lowest BCUT2D eigenvalue weighted by Crippen LogP contribution is -1.93. The Kier molecular flexibility index (Phi) is 7.15. The van der Waals surface area contributed by atoms with Crippen LogP contribution in [0.2, 0.25) is 0 Å². The Labute approximate surface area is 67.0 Å². The van der Waals surface area contributed by atoms with Gasteiger partial charge in [0.25, 0.3) is 0 Å². The lowest BCUT2D eigenvalue weighted by Gasteiger charge is -1.96. The van der Waals surface area contributed by atoms with Gasteiger partial charge in [-0.05, 0) is 32.1 Å². The molecule has 0 bridgehead atoms. The number of unbranched alkanes of at least 4 members (excludes halogenated alkanes) is 4. The van der Waals surface area contributed by atoms with Gasteiger partial charge >= 0.3 is 5.97 Å². The van der Waals surface area contributed by atoms with E-state index in [-0.39, 0.29) is 13.0 Å². The minimum atomic E-state index is -0.736. The van der Waals surface area contributed by atoms with E-state index >= 15 is 0 Å². The largest absolute Gasteiger partial charge is 0.481 e. The monoisotopic (exact) mass is 159 g/mol. The summed E-state index contributed by atoms with van der Waals surface area (Å²) < 4.78 is 0. The highest BCUT2D eigenvalue weighted by Crippen LogP contribution is 2.03. The molecule has 0 unspecified atom stereocenters. The third-order valence-corrected chi connectivity index (χ3v) is 1.37. The predicted octanol–water partition coefficient (Wildman–Crippen LogP) is 1.22. The van der Waals surface area contributed by atoms with E-state index in [2.05, 4.69) is 0 Å². The van der Waals surface area contributed by atoms with Crippen molar-refractivity contribution in [3.05, 3.63) is 6.42 Å². The highest BCUT2D eigenvalue weighted by Gasteiger charge is 1.95. The zero-order chi connectivity index (χ0) is 8.53. The molecule has 3 nitrogen and oxygen atoms in total. The number of aliphatic carboxylic acids is 1. The van der Waals surface area contributed by atoms with Crippen molar-refractivity contribution in [1.29, 1.82) is 0 Å². The van der Waals surface area contributed by atoms with Crippen molar-refractivity contribution in [3.8, 4) is 0 Å². The molecular weight excluding hydrogens is 144 g/mol. The summed E-state index contributed by atoms with van der Waals surface area (Å²) in [6.45, 7) is 0.218. The normalized spacial score (nSPS) is 9.91. The summed E-state index contributed by atoms with van der Waals surface area (Å²) in [4.78, 5) is 10.0. The average Bonchev–Trinajstić information content (AvgIpc) is 1.96. The van der Waals surface area contributed by atoms with E-state index < -0.39 is 5.97 Å². The van der Waals surface area contributed by atoms with Crippen LogP contribution < -0.4 is 0 Å². The Bertz CT molecular complexity index is 102. The van der Waals surface area contributed by atoms with Gasteiger partial charge in [-0.3, -0.25) is 4.79 Å². The fourth-order valence-corrected chi connectivity index (χ4v) is 0.778. The summed E-state index contributed by atoms with van der Waals surface area (Å²) in [5, 5.41) is 16.7. The maximum Gasteiger partial charge on any atom is 0.303 e. The zero-order valence-electron chi connectivity index (χ0n) is 6.62. The Morgan fingerprint density at radius 1 is 1.27 bits per heavy atom. The van der Waals surface area contributed by atoms with E-state index in [1.54, 1.807) is 0 Å². The van der Waals surface area contributed by atoms with Crippen molar-refractivity contribution < 1.29 is 15.0 Å². The van der Waals surface area contributed by atoms with Crippen LogP contribution in [0.1, 0.15) is 32.1 Å². The van der Waals surface area contributed by atoms with Crippen LogP contribution in [0.15, 0.2) is 0 Å². The highest BCUT2D eigenvalue weighted by atomic mass is 16.4. The van der Waals surface area contributed by atoms with E-state index in [0.717, 1.165) is 19.3 Å². The number of carbonyl (C=O) groups is 1. The third-order valence-electron chi connectivity index (χ3n) is 1.37. The molecule has 0 fully saturated rings. The van der Waals surface area contributed by atoms with Crippen LogP contribution in [0.4, 0.5) is 0 Å². The topological polar surface area (TPSA) is 57.5 Å². The molecule has 0 aliphatic heterocycles. The first-order valence-corrected chi connectivity index (χ1v) is 3.91. The fraction of sp³-hybridized carbons (Fsp3) is 0.750. The fourth-order valence-electron chi connectivity index (χ4n) is 0.778. The van der Waals surface area contributed by atoms with Gasteiger partial charge in [0.1, 0.15) is 0 Å². The molecule has 0 rings (SSSR count). The summed E-state index contributed by atoms with van der Waals surface area (Å²) in [6, 6.07) is 0. The van der Waals surface area contributed by atoms with Crippen LogP contribution in [0.25, 0.3) is 0 Å². The Morgan fingerprint density at radius 2 is 1.91 bits per heavy atom. The van der Waals surface area contributed by atoms with Crippen LogP contribution >= 0.6 is 0 Å². The predicted molar refractivity (Wildman–Crippen MR) is 42.1 cm³/mol. The molecule has 0 amide bonds. The molecule has 2 N–H and O–H groups in total. The van der Waals surface area contributed by atoms with Gasteiger partial charge in [0, 0.05) is 13.0 Å². The molecule has 0 aromatic heterocycles. The van der Waals surface area contributed by atoms with Gasteiger partial charge in [-0.25, -0.2) is 0 Å². The summed E-state index contributed by atoms with van der Waals surface area (Å²) in [6.07, 6.45) is 5.49. The number of carboxylic acid groups (broad SMARTS) is 1. The number of aliphatic hydroxyl groups is 1. The van der Waals surface area contributed by atoms with Crippen LogP contribution in [0.5, 0.6) is 0 Å². The number of rotatable bonds is 7.